The molecule has 27 heavy (non-hydrogen) atoms. The van der Waals surface area contributed by atoms with Crippen LogP contribution in [0.5, 0.6) is 0 Å². The highest BCUT2D eigenvalue weighted by Gasteiger charge is 2.41. The van der Waals surface area contributed by atoms with Gasteiger partial charge < -0.3 is 5.11 Å². The Morgan fingerprint density at radius 1 is 1.37 bits per heavy atom. The molecule has 6 nitrogen and oxygen atoms in total. The Bertz CT molecular complexity index is 1110. The van der Waals surface area contributed by atoms with Crippen molar-refractivity contribution >= 4 is 23.2 Å². The van der Waals surface area contributed by atoms with Gasteiger partial charge in [0.15, 0.2) is 0 Å². The van der Waals surface area contributed by atoms with E-state index in [9.17, 15) is 23.6 Å². The van der Waals surface area contributed by atoms with Gasteiger partial charge >= 0.3 is 11.9 Å². The fourth-order valence-corrected chi connectivity index (χ4v) is 2.93. The van der Waals surface area contributed by atoms with Crippen molar-refractivity contribution < 1.29 is 23.5 Å². The summed E-state index contributed by atoms with van der Waals surface area (Å²) in [4.78, 5) is 22.2. The van der Waals surface area contributed by atoms with E-state index < -0.39 is 17.5 Å². The summed E-state index contributed by atoms with van der Waals surface area (Å²) in [5, 5.41) is 22.9. The van der Waals surface area contributed by atoms with E-state index in [1.807, 2.05) is 6.07 Å². The van der Waals surface area contributed by atoms with Crippen LogP contribution in [0.1, 0.15) is 32.7 Å². The van der Waals surface area contributed by atoms with Crippen molar-refractivity contribution in [2.45, 2.75) is 19.4 Å². The predicted octanol–water partition coefficient (Wildman–Crippen LogP) is 3.25. The lowest BCUT2D eigenvalue weighted by Crippen LogP contribution is -2.25. The Morgan fingerprint density at radius 3 is 2.74 bits per heavy atom. The molecule has 0 saturated heterocycles. The summed E-state index contributed by atoms with van der Waals surface area (Å²) in [6.07, 6.45) is 0.610. The molecule has 0 unspecified atom stereocenters. The Kier molecular flexibility index (Phi) is 4.45. The van der Waals surface area contributed by atoms with Crippen LogP contribution < -0.4 is 0 Å². The Labute approximate surface area is 152 Å². The molecule has 1 aromatic heterocycles. The van der Waals surface area contributed by atoms with Crippen molar-refractivity contribution in [2.24, 2.45) is 0 Å². The van der Waals surface area contributed by atoms with Gasteiger partial charge in [0.2, 0.25) is 0 Å². The van der Waals surface area contributed by atoms with Crippen LogP contribution in [0.3, 0.4) is 0 Å². The van der Waals surface area contributed by atoms with Gasteiger partial charge in [-0.3, -0.25) is 9.48 Å². The third-order valence-electron chi connectivity index (χ3n) is 4.34. The van der Waals surface area contributed by atoms with E-state index in [-0.39, 0.29) is 17.6 Å². The minimum atomic E-state index is -4.05. The van der Waals surface area contributed by atoms with Crippen molar-refractivity contribution in [3.05, 3.63) is 64.3 Å². The van der Waals surface area contributed by atoms with Gasteiger partial charge in [-0.1, -0.05) is 24.3 Å². The number of benzene rings is 2. The number of nitrogens with zero attached hydrogens (tertiary/aromatic N) is 3. The Hall–Kier alpha value is -3.60. The number of aldehydes is 1. The van der Waals surface area contributed by atoms with E-state index in [4.69, 9.17) is 5.11 Å². The summed E-state index contributed by atoms with van der Waals surface area (Å²) in [6.45, 7) is 1.69. The lowest BCUT2D eigenvalue weighted by Gasteiger charge is -2.12. The van der Waals surface area contributed by atoms with E-state index in [1.165, 1.54) is 10.7 Å². The average molecular weight is 369 g/mol. The van der Waals surface area contributed by atoms with Crippen LogP contribution >= 0.6 is 0 Å². The maximum Gasteiger partial charge on any atom is 0.379 e. The van der Waals surface area contributed by atoms with E-state index in [0.717, 1.165) is 12.1 Å². The van der Waals surface area contributed by atoms with Gasteiger partial charge in [-0.2, -0.15) is 19.1 Å². The molecule has 0 aliphatic heterocycles. The molecule has 0 saturated carbocycles. The highest BCUT2D eigenvalue weighted by molar-refractivity contribution is 5.86. The molecule has 3 rings (SSSR count). The number of carboxylic acids is 1. The minimum Gasteiger partial charge on any atom is -0.477 e. The summed E-state index contributed by atoms with van der Waals surface area (Å²) in [6, 6.07) is 10.2. The zero-order chi connectivity index (χ0) is 19.8. The first-order valence-corrected chi connectivity index (χ1v) is 7.85. The van der Waals surface area contributed by atoms with Gasteiger partial charge in [0.1, 0.15) is 6.29 Å². The van der Waals surface area contributed by atoms with E-state index in [0.29, 0.717) is 28.5 Å². The molecule has 0 atom stereocenters. The van der Waals surface area contributed by atoms with Gasteiger partial charge in [-0.25, -0.2) is 4.79 Å². The first-order chi connectivity index (χ1) is 12.8. The number of aryl methyl sites for hydroxylation is 1. The van der Waals surface area contributed by atoms with Crippen LogP contribution in [0.2, 0.25) is 0 Å². The average Bonchev–Trinajstić information content (AvgIpc) is 2.97. The fraction of sp³-hybridized carbons (Fsp3) is 0.158. The first-order valence-electron chi connectivity index (χ1n) is 7.85. The number of carbonyl (C=O) groups excluding carboxylic acids is 1. The largest absolute Gasteiger partial charge is 0.477 e. The number of carboxylic acid groups (broad SMARTS) is 1. The molecular formula is C19H13F2N3O3. The molecule has 0 aliphatic rings. The number of aromatic nitrogens is 2. The molecular weight excluding hydrogens is 356 g/mol. The number of halogens is 2. The molecule has 0 aliphatic carbocycles. The molecule has 0 amide bonds. The summed E-state index contributed by atoms with van der Waals surface area (Å²) >= 11 is 0. The highest BCUT2D eigenvalue weighted by atomic mass is 19.3. The van der Waals surface area contributed by atoms with Gasteiger partial charge in [0.25, 0.3) is 0 Å². The van der Waals surface area contributed by atoms with Gasteiger partial charge in [-0.05, 0) is 19.1 Å². The third-order valence-corrected chi connectivity index (χ3v) is 4.34. The lowest BCUT2D eigenvalue weighted by atomic mass is 10.0. The van der Waals surface area contributed by atoms with Crippen molar-refractivity contribution in [1.82, 2.24) is 9.78 Å². The first kappa shape index (κ1) is 18.2. The number of rotatable bonds is 5. The van der Waals surface area contributed by atoms with E-state index >= 15 is 0 Å². The molecule has 8 heteroatoms. The highest BCUT2D eigenvalue weighted by Crippen LogP contribution is 2.32. The monoisotopic (exact) mass is 369 g/mol. The number of fused-ring (bicyclic) bond motifs is 1. The molecule has 0 fully saturated rings. The molecule has 0 spiro atoms. The minimum absolute atomic E-state index is 0.00421. The van der Waals surface area contributed by atoms with Crippen molar-refractivity contribution in [2.75, 3.05) is 0 Å². The topological polar surface area (TPSA) is 96.0 Å². The molecule has 1 heterocycles. The van der Waals surface area contributed by atoms with Crippen LogP contribution in [-0.4, -0.2) is 27.1 Å². The van der Waals surface area contributed by atoms with Gasteiger partial charge in [-0.15, -0.1) is 0 Å². The molecule has 3 aromatic rings. The van der Waals surface area contributed by atoms with Crippen LogP contribution in [-0.2, 0) is 17.3 Å². The summed E-state index contributed by atoms with van der Waals surface area (Å²) in [5.74, 6) is -6.29. The van der Waals surface area contributed by atoms with Crippen molar-refractivity contribution in [3.8, 4) is 6.07 Å². The van der Waals surface area contributed by atoms with E-state index in [2.05, 4.69) is 5.10 Å². The molecule has 136 valence electrons. The quantitative estimate of drug-likeness (QED) is 0.697. The van der Waals surface area contributed by atoms with Crippen LogP contribution in [0.4, 0.5) is 8.78 Å². The maximum absolute atomic E-state index is 13.9. The zero-order valence-corrected chi connectivity index (χ0v) is 14.1. The third kappa shape index (κ3) is 3.04. The Balaban J connectivity index is 2.18. The standard InChI is InChI=1S/C19H13F2N3O3/c1-11-15-6-5-14(19(20,21)18(26)27)7-17(15)24(23-11)9-16-12(8-22)3-2-4-13(16)10-25/h2-7,10H,9H2,1H3,(H,26,27). The number of nitriles is 1. The van der Waals surface area contributed by atoms with Crippen LogP contribution in [0.25, 0.3) is 10.9 Å². The van der Waals surface area contributed by atoms with Gasteiger partial charge in [0.05, 0.1) is 29.4 Å². The lowest BCUT2D eigenvalue weighted by molar-refractivity contribution is -0.166. The molecule has 1 N–H and O–H groups in total. The predicted molar refractivity (Wildman–Crippen MR) is 91.6 cm³/mol. The number of hydrogen-bond acceptors (Lipinski definition) is 4. The second kappa shape index (κ2) is 6.61. The second-order valence-electron chi connectivity index (χ2n) is 5.96. The number of alkyl halides is 2. The van der Waals surface area contributed by atoms with Crippen LogP contribution in [0.15, 0.2) is 36.4 Å². The number of hydrogen-bond donors (Lipinski definition) is 1. The van der Waals surface area contributed by atoms with E-state index in [1.54, 1.807) is 25.1 Å². The molecule has 0 radical (unpaired) electrons. The summed E-state index contributed by atoms with van der Waals surface area (Å²) in [5.41, 5.74) is 1.14. The summed E-state index contributed by atoms with van der Waals surface area (Å²) in [7, 11) is 0. The zero-order valence-electron chi connectivity index (χ0n) is 14.1. The summed E-state index contributed by atoms with van der Waals surface area (Å²) < 4.78 is 29.2. The number of carbonyl (C=O) groups is 2. The Morgan fingerprint density at radius 2 is 2.11 bits per heavy atom. The second-order valence-corrected chi connectivity index (χ2v) is 5.96. The van der Waals surface area contributed by atoms with Crippen molar-refractivity contribution in [1.29, 1.82) is 5.26 Å². The normalized spacial score (nSPS) is 11.3. The number of aliphatic carboxylic acids is 1. The van der Waals surface area contributed by atoms with Gasteiger partial charge in [0, 0.05) is 22.1 Å². The maximum atomic E-state index is 13.9. The smallest absolute Gasteiger partial charge is 0.379 e. The SMILES string of the molecule is Cc1nn(Cc2c(C#N)cccc2C=O)c2cc(C(F)(F)C(=O)O)ccc12. The van der Waals surface area contributed by atoms with Crippen LogP contribution in [0, 0.1) is 18.3 Å². The molecule has 2 aromatic carbocycles. The van der Waals surface area contributed by atoms with Crippen molar-refractivity contribution in [3.63, 3.8) is 0 Å². The molecule has 0 bridgehead atoms. The fourth-order valence-electron chi connectivity index (χ4n) is 2.93.